The molecule has 1 aliphatic rings. The van der Waals surface area contributed by atoms with E-state index < -0.39 is 12.1 Å². The number of hydrogen-bond donors (Lipinski definition) is 2. The third-order valence-corrected chi connectivity index (χ3v) is 5.50. The van der Waals surface area contributed by atoms with Crippen LogP contribution in [0, 0.1) is 0 Å². The van der Waals surface area contributed by atoms with E-state index in [4.69, 9.17) is 4.74 Å². The van der Waals surface area contributed by atoms with Gasteiger partial charge in [-0.2, -0.15) is 0 Å². The summed E-state index contributed by atoms with van der Waals surface area (Å²) in [5.74, 6) is 0.842. The van der Waals surface area contributed by atoms with E-state index in [9.17, 15) is 14.4 Å². The predicted octanol–water partition coefficient (Wildman–Crippen LogP) is 4.88. The van der Waals surface area contributed by atoms with Crippen molar-refractivity contribution >= 4 is 23.5 Å². The summed E-state index contributed by atoms with van der Waals surface area (Å²) >= 11 is 0. The van der Waals surface area contributed by atoms with Gasteiger partial charge in [0.2, 0.25) is 5.91 Å². The molecule has 4 rings (SSSR count). The highest BCUT2D eigenvalue weighted by molar-refractivity contribution is 6.05. The summed E-state index contributed by atoms with van der Waals surface area (Å²) in [6.45, 7) is 1.81. The van der Waals surface area contributed by atoms with E-state index in [2.05, 4.69) is 10.6 Å². The Morgan fingerprint density at radius 2 is 1.55 bits per heavy atom. The van der Waals surface area contributed by atoms with Crippen molar-refractivity contribution in [2.45, 2.75) is 31.8 Å². The maximum Gasteiger partial charge on any atom is 0.325 e. The zero-order chi connectivity index (χ0) is 23.2. The van der Waals surface area contributed by atoms with Gasteiger partial charge in [0.15, 0.2) is 0 Å². The maximum absolute atomic E-state index is 12.8. The van der Waals surface area contributed by atoms with Gasteiger partial charge in [-0.05, 0) is 55.3 Å². The molecule has 0 saturated carbocycles. The van der Waals surface area contributed by atoms with Crippen LogP contribution >= 0.6 is 0 Å². The fourth-order valence-corrected chi connectivity index (χ4v) is 3.72. The van der Waals surface area contributed by atoms with Gasteiger partial charge in [0.1, 0.15) is 17.5 Å². The van der Waals surface area contributed by atoms with Gasteiger partial charge in [0, 0.05) is 12.1 Å². The minimum absolute atomic E-state index is 0.104. The summed E-state index contributed by atoms with van der Waals surface area (Å²) in [6, 6.07) is 24.3. The molecule has 1 fully saturated rings. The summed E-state index contributed by atoms with van der Waals surface area (Å²) < 4.78 is 5.74. The molecule has 4 amide bonds. The monoisotopic (exact) mass is 443 g/mol. The Balaban J connectivity index is 1.28. The fraction of sp³-hybridized carbons (Fsp3) is 0.192. The van der Waals surface area contributed by atoms with Gasteiger partial charge in [0.05, 0.1) is 6.04 Å². The molecule has 3 aromatic rings. The summed E-state index contributed by atoms with van der Waals surface area (Å²) in [6.07, 6.45) is 0.329. The second kappa shape index (κ2) is 9.99. The number of amides is 4. The standard InChI is InChI=1S/C26H25N3O4/c1-18(19-8-4-2-5-9-19)29-25(31)23(28-26(29)32)16-17-24(30)27-20-12-14-22(15-13-20)33-21-10-6-3-7-11-21/h2-15,18,23H,16-17H2,1H3,(H,27,30)(H,28,32). The van der Waals surface area contributed by atoms with Crippen molar-refractivity contribution in [3.63, 3.8) is 0 Å². The molecule has 2 atom stereocenters. The number of imide groups is 1. The lowest BCUT2D eigenvalue weighted by molar-refractivity contribution is -0.129. The molecule has 1 saturated heterocycles. The average Bonchev–Trinajstić information content (AvgIpc) is 3.12. The van der Waals surface area contributed by atoms with Gasteiger partial charge in [-0.3, -0.25) is 14.5 Å². The first-order chi connectivity index (χ1) is 16.0. The molecule has 0 spiro atoms. The Hall–Kier alpha value is -4.13. The molecule has 0 radical (unpaired) electrons. The van der Waals surface area contributed by atoms with Crippen molar-refractivity contribution < 1.29 is 19.1 Å². The van der Waals surface area contributed by atoms with Gasteiger partial charge in [-0.25, -0.2) is 4.79 Å². The van der Waals surface area contributed by atoms with Crippen molar-refractivity contribution in [2.24, 2.45) is 0 Å². The first-order valence-corrected chi connectivity index (χ1v) is 10.8. The topological polar surface area (TPSA) is 87.7 Å². The molecule has 7 heteroatoms. The highest BCUT2D eigenvalue weighted by Gasteiger charge is 2.40. The van der Waals surface area contributed by atoms with E-state index >= 15 is 0 Å². The average molecular weight is 444 g/mol. The number of carbonyl (C=O) groups is 3. The highest BCUT2D eigenvalue weighted by Crippen LogP contribution is 2.26. The number of ether oxygens (including phenoxy) is 1. The Morgan fingerprint density at radius 3 is 2.21 bits per heavy atom. The molecule has 0 aliphatic carbocycles. The van der Waals surface area contributed by atoms with Gasteiger partial charge >= 0.3 is 6.03 Å². The molecule has 3 aromatic carbocycles. The number of para-hydroxylation sites is 1. The SMILES string of the molecule is CC(c1ccccc1)N1C(=O)NC(CCC(=O)Nc2ccc(Oc3ccccc3)cc2)C1=O. The molecule has 1 heterocycles. The Kier molecular flexibility index (Phi) is 6.69. The third-order valence-electron chi connectivity index (χ3n) is 5.50. The lowest BCUT2D eigenvalue weighted by atomic mass is 10.1. The van der Waals surface area contributed by atoms with Crippen molar-refractivity contribution in [3.8, 4) is 11.5 Å². The molecule has 168 valence electrons. The van der Waals surface area contributed by atoms with Crippen molar-refractivity contribution in [1.29, 1.82) is 0 Å². The minimum Gasteiger partial charge on any atom is -0.457 e. The van der Waals surface area contributed by atoms with Gasteiger partial charge in [-0.1, -0.05) is 48.5 Å². The van der Waals surface area contributed by atoms with Crippen LogP contribution in [0.4, 0.5) is 10.5 Å². The molecule has 0 aromatic heterocycles. The highest BCUT2D eigenvalue weighted by atomic mass is 16.5. The molecule has 7 nitrogen and oxygen atoms in total. The largest absolute Gasteiger partial charge is 0.457 e. The zero-order valence-corrected chi connectivity index (χ0v) is 18.2. The van der Waals surface area contributed by atoms with Crippen LogP contribution in [0.25, 0.3) is 0 Å². The van der Waals surface area contributed by atoms with Crippen LogP contribution in [0.5, 0.6) is 11.5 Å². The number of hydrogen-bond acceptors (Lipinski definition) is 4. The molecule has 33 heavy (non-hydrogen) atoms. The first-order valence-electron chi connectivity index (χ1n) is 10.8. The second-order valence-corrected chi connectivity index (χ2v) is 7.82. The number of nitrogens with zero attached hydrogens (tertiary/aromatic N) is 1. The Bertz CT molecular complexity index is 1120. The third kappa shape index (κ3) is 5.38. The van der Waals surface area contributed by atoms with Crippen molar-refractivity contribution in [1.82, 2.24) is 10.2 Å². The first kappa shape index (κ1) is 22.1. The van der Waals surface area contributed by atoms with E-state index in [0.29, 0.717) is 11.4 Å². The van der Waals surface area contributed by atoms with Gasteiger partial charge < -0.3 is 15.4 Å². The van der Waals surface area contributed by atoms with Crippen LogP contribution in [0.15, 0.2) is 84.9 Å². The van der Waals surface area contributed by atoms with E-state index in [-0.39, 0.29) is 30.7 Å². The summed E-state index contributed by atoms with van der Waals surface area (Å²) in [5, 5.41) is 5.51. The summed E-state index contributed by atoms with van der Waals surface area (Å²) in [4.78, 5) is 38.8. The lowest BCUT2D eigenvalue weighted by Gasteiger charge is -2.21. The number of nitrogens with one attached hydrogen (secondary N) is 2. The summed E-state index contributed by atoms with van der Waals surface area (Å²) in [5.41, 5.74) is 1.50. The lowest BCUT2D eigenvalue weighted by Crippen LogP contribution is -2.34. The molecule has 1 aliphatic heterocycles. The van der Waals surface area contributed by atoms with E-state index in [1.807, 2.05) is 67.6 Å². The minimum atomic E-state index is -0.712. The second-order valence-electron chi connectivity index (χ2n) is 7.82. The number of benzene rings is 3. The van der Waals surface area contributed by atoms with Crippen LogP contribution in [0.2, 0.25) is 0 Å². The molecule has 0 bridgehead atoms. The zero-order valence-electron chi connectivity index (χ0n) is 18.2. The fourth-order valence-electron chi connectivity index (χ4n) is 3.72. The molecule has 2 N–H and O–H groups in total. The number of urea groups is 1. The van der Waals surface area contributed by atoms with Gasteiger partial charge in [-0.15, -0.1) is 0 Å². The summed E-state index contributed by atoms with van der Waals surface area (Å²) in [7, 11) is 0. The number of rotatable bonds is 8. The quantitative estimate of drug-likeness (QED) is 0.486. The van der Waals surface area contributed by atoms with Crippen molar-refractivity contribution in [2.75, 3.05) is 5.32 Å². The predicted molar refractivity (Wildman–Crippen MR) is 125 cm³/mol. The number of carbonyl (C=O) groups excluding carboxylic acids is 3. The maximum atomic E-state index is 12.8. The molecule has 2 unspecified atom stereocenters. The van der Waals surface area contributed by atoms with Crippen LogP contribution in [0.1, 0.15) is 31.4 Å². The number of anilines is 1. The van der Waals surface area contributed by atoms with Crippen molar-refractivity contribution in [3.05, 3.63) is 90.5 Å². The van der Waals surface area contributed by atoms with Gasteiger partial charge in [0.25, 0.3) is 5.91 Å². The van der Waals surface area contributed by atoms with E-state index in [1.54, 1.807) is 24.3 Å². The van der Waals surface area contributed by atoms with Crippen LogP contribution < -0.4 is 15.4 Å². The Morgan fingerprint density at radius 1 is 0.939 bits per heavy atom. The van der Waals surface area contributed by atoms with Crippen LogP contribution in [-0.2, 0) is 9.59 Å². The van der Waals surface area contributed by atoms with E-state index in [0.717, 1.165) is 11.3 Å². The smallest absolute Gasteiger partial charge is 0.325 e. The van der Waals surface area contributed by atoms with Crippen LogP contribution in [0.3, 0.4) is 0 Å². The van der Waals surface area contributed by atoms with Crippen LogP contribution in [-0.4, -0.2) is 28.8 Å². The molecular weight excluding hydrogens is 418 g/mol. The molecular formula is C26H25N3O4. The Labute approximate surface area is 192 Å². The van der Waals surface area contributed by atoms with E-state index in [1.165, 1.54) is 4.90 Å². The normalized spacial score (nSPS) is 16.3.